The first-order chi connectivity index (χ1) is 13.6. The van der Waals surface area contributed by atoms with Crippen LogP contribution in [0.4, 0.5) is 5.95 Å². The number of para-hydroxylation sites is 2. The van der Waals surface area contributed by atoms with E-state index in [1.165, 1.54) is 0 Å². The van der Waals surface area contributed by atoms with Gasteiger partial charge in [-0.15, -0.1) is 0 Å². The molecule has 1 atom stereocenters. The van der Waals surface area contributed by atoms with Crippen molar-refractivity contribution in [1.29, 1.82) is 0 Å². The molecule has 7 heteroatoms. The minimum absolute atomic E-state index is 0.131. The van der Waals surface area contributed by atoms with E-state index in [1.807, 2.05) is 41.8 Å². The molecular formula is C21H21N3O4. The standard InChI is InChI=1S/C21H21N3O4/c1-13-18(20(26)28-11-10-27-2)19(14-6-5-7-15(25)12-14)24-17-9-4-3-8-16(17)23-21(24)22-13/h3-9,12,19,25H,10-11H2,1-2H3,(H,22,23). The molecule has 3 aromatic rings. The van der Waals surface area contributed by atoms with Gasteiger partial charge in [-0.05, 0) is 36.8 Å². The van der Waals surface area contributed by atoms with Crippen LogP contribution in [0, 0.1) is 0 Å². The molecule has 0 spiro atoms. The number of anilines is 1. The number of carbonyl (C=O) groups is 1. The number of benzene rings is 2. The van der Waals surface area contributed by atoms with E-state index in [0.717, 1.165) is 16.6 Å². The molecule has 0 saturated carbocycles. The number of nitrogens with zero attached hydrogens (tertiary/aromatic N) is 2. The van der Waals surface area contributed by atoms with Crippen molar-refractivity contribution in [2.75, 3.05) is 25.6 Å². The van der Waals surface area contributed by atoms with Gasteiger partial charge in [0, 0.05) is 12.8 Å². The lowest BCUT2D eigenvalue weighted by atomic mass is 9.95. The summed E-state index contributed by atoms with van der Waals surface area (Å²) in [5.41, 5.74) is 3.60. The number of hydrogen-bond acceptors (Lipinski definition) is 6. The number of allylic oxidation sites excluding steroid dienone is 1. The van der Waals surface area contributed by atoms with Crippen LogP contribution < -0.4 is 5.32 Å². The van der Waals surface area contributed by atoms with Crippen LogP contribution in [0.15, 0.2) is 59.8 Å². The number of phenolic OH excluding ortho intramolecular Hbond substituents is 1. The highest BCUT2D eigenvalue weighted by Gasteiger charge is 2.35. The Morgan fingerprint density at radius 1 is 1.21 bits per heavy atom. The predicted octanol–water partition coefficient (Wildman–Crippen LogP) is 3.22. The lowest BCUT2D eigenvalue weighted by molar-refractivity contribution is -0.140. The number of esters is 1. The molecule has 1 aliphatic rings. The highest BCUT2D eigenvalue weighted by atomic mass is 16.6. The van der Waals surface area contributed by atoms with Crippen LogP contribution in [0.5, 0.6) is 5.75 Å². The number of nitrogens with one attached hydrogen (secondary N) is 1. The summed E-state index contributed by atoms with van der Waals surface area (Å²) in [5.74, 6) is 0.339. The molecule has 0 aliphatic carbocycles. The van der Waals surface area contributed by atoms with Crippen molar-refractivity contribution in [2.45, 2.75) is 13.0 Å². The summed E-state index contributed by atoms with van der Waals surface area (Å²) in [6.45, 7) is 2.31. The summed E-state index contributed by atoms with van der Waals surface area (Å²) in [4.78, 5) is 17.6. The maximum Gasteiger partial charge on any atom is 0.338 e. The fraction of sp³-hybridized carbons (Fsp3) is 0.238. The topological polar surface area (TPSA) is 85.6 Å². The third kappa shape index (κ3) is 3.10. The van der Waals surface area contributed by atoms with Crippen molar-refractivity contribution in [3.05, 3.63) is 65.4 Å². The molecule has 0 saturated heterocycles. The first kappa shape index (κ1) is 18.1. The Bertz CT molecular complexity index is 1070. The van der Waals surface area contributed by atoms with Gasteiger partial charge in [0.2, 0.25) is 5.95 Å². The van der Waals surface area contributed by atoms with Gasteiger partial charge in [-0.2, -0.15) is 0 Å². The second kappa shape index (κ2) is 7.36. The van der Waals surface area contributed by atoms with E-state index in [0.29, 0.717) is 23.8 Å². The summed E-state index contributed by atoms with van der Waals surface area (Å²) in [6, 6.07) is 14.1. The lowest BCUT2D eigenvalue weighted by Crippen LogP contribution is -2.29. The Balaban J connectivity index is 1.88. The van der Waals surface area contributed by atoms with E-state index in [-0.39, 0.29) is 12.4 Å². The van der Waals surface area contributed by atoms with Crippen molar-refractivity contribution in [2.24, 2.45) is 0 Å². The molecule has 1 aromatic heterocycles. The molecule has 2 heterocycles. The average molecular weight is 379 g/mol. The van der Waals surface area contributed by atoms with Crippen molar-refractivity contribution < 1.29 is 19.4 Å². The van der Waals surface area contributed by atoms with E-state index < -0.39 is 12.0 Å². The van der Waals surface area contributed by atoms with Gasteiger partial charge < -0.3 is 19.9 Å². The Morgan fingerprint density at radius 2 is 2.04 bits per heavy atom. The number of fused-ring (bicyclic) bond motifs is 3. The molecule has 2 N–H and O–H groups in total. The smallest absolute Gasteiger partial charge is 0.338 e. The quantitative estimate of drug-likeness (QED) is 0.523. The molecule has 1 unspecified atom stereocenters. The fourth-order valence-electron chi connectivity index (χ4n) is 3.53. The van der Waals surface area contributed by atoms with Crippen LogP contribution in [0.1, 0.15) is 18.5 Å². The molecule has 28 heavy (non-hydrogen) atoms. The Morgan fingerprint density at radius 3 is 2.82 bits per heavy atom. The maximum absolute atomic E-state index is 12.9. The molecule has 0 bridgehead atoms. The third-order valence-corrected chi connectivity index (χ3v) is 4.76. The second-order valence-corrected chi connectivity index (χ2v) is 6.58. The minimum Gasteiger partial charge on any atom is -0.508 e. The van der Waals surface area contributed by atoms with Crippen LogP contribution in [0.3, 0.4) is 0 Å². The Kier molecular flexibility index (Phi) is 4.75. The van der Waals surface area contributed by atoms with E-state index in [1.54, 1.807) is 25.3 Å². The Labute approximate surface area is 162 Å². The van der Waals surface area contributed by atoms with Gasteiger partial charge in [-0.3, -0.25) is 4.57 Å². The average Bonchev–Trinajstić information content (AvgIpc) is 3.04. The third-order valence-electron chi connectivity index (χ3n) is 4.76. The highest BCUT2D eigenvalue weighted by Crippen LogP contribution is 2.40. The summed E-state index contributed by atoms with van der Waals surface area (Å²) in [7, 11) is 1.56. The van der Waals surface area contributed by atoms with Gasteiger partial charge in [0.05, 0.1) is 29.3 Å². The SMILES string of the molecule is COCCOC(=O)C1=C(C)Nc2nc3ccccc3n2C1c1cccc(O)c1. The molecule has 4 rings (SSSR count). The monoisotopic (exact) mass is 379 g/mol. The first-order valence-electron chi connectivity index (χ1n) is 9.00. The van der Waals surface area contributed by atoms with Crippen LogP contribution in [0.2, 0.25) is 0 Å². The van der Waals surface area contributed by atoms with Gasteiger partial charge in [-0.25, -0.2) is 9.78 Å². The van der Waals surface area contributed by atoms with E-state index in [2.05, 4.69) is 10.3 Å². The van der Waals surface area contributed by atoms with Crippen LogP contribution >= 0.6 is 0 Å². The molecule has 0 fully saturated rings. The number of rotatable bonds is 5. The number of methoxy groups -OCH3 is 1. The molecule has 0 amide bonds. The first-order valence-corrected chi connectivity index (χ1v) is 9.00. The van der Waals surface area contributed by atoms with Crippen molar-refractivity contribution in [1.82, 2.24) is 9.55 Å². The van der Waals surface area contributed by atoms with Crippen molar-refractivity contribution >= 4 is 23.0 Å². The van der Waals surface area contributed by atoms with Crippen molar-refractivity contribution in [3.8, 4) is 5.75 Å². The zero-order valence-electron chi connectivity index (χ0n) is 15.7. The van der Waals surface area contributed by atoms with Crippen LogP contribution in [0.25, 0.3) is 11.0 Å². The van der Waals surface area contributed by atoms with Gasteiger partial charge in [-0.1, -0.05) is 24.3 Å². The zero-order valence-corrected chi connectivity index (χ0v) is 15.7. The molecule has 144 valence electrons. The number of imidazole rings is 1. The number of aromatic hydroxyl groups is 1. The minimum atomic E-state index is -0.481. The summed E-state index contributed by atoms with van der Waals surface area (Å²) < 4.78 is 12.4. The normalized spacial score (nSPS) is 16.0. The van der Waals surface area contributed by atoms with E-state index in [9.17, 15) is 9.90 Å². The molecule has 7 nitrogen and oxygen atoms in total. The highest BCUT2D eigenvalue weighted by molar-refractivity contribution is 5.94. The van der Waals surface area contributed by atoms with E-state index >= 15 is 0 Å². The number of hydrogen-bond donors (Lipinski definition) is 2. The predicted molar refractivity (Wildman–Crippen MR) is 105 cm³/mol. The maximum atomic E-state index is 12.9. The number of ether oxygens (including phenoxy) is 2. The molecule has 2 aromatic carbocycles. The molecule has 0 radical (unpaired) electrons. The zero-order chi connectivity index (χ0) is 19.7. The summed E-state index contributed by atoms with van der Waals surface area (Å²) in [6.07, 6.45) is 0. The largest absolute Gasteiger partial charge is 0.508 e. The van der Waals surface area contributed by atoms with Crippen LogP contribution in [-0.2, 0) is 14.3 Å². The van der Waals surface area contributed by atoms with Crippen LogP contribution in [-0.4, -0.2) is 41.0 Å². The summed E-state index contributed by atoms with van der Waals surface area (Å²) >= 11 is 0. The van der Waals surface area contributed by atoms with Gasteiger partial charge in [0.25, 0.3) is 0 Å². The van der Waals surface area contributed by atoms with Gasteiger partial charge in [0.1, 0.15) is 12.4 Å². The van der Waals surface area contributed by atoms with Gasteiger partial charge >= 0.3 is 5.97 Å². The van der Waals surface area contributed by atoms with Gasteiger partial charge in [0.15, 0.2) is 0 Å². The van der Waals surface area contributed by atoms with E-state index in [4.69, 9.17) is 9.47 Å². The fourth-order valence-corrected chi connectivity index (χ4v) is 3.53. The Hall–Kier alpha value is -3.32. The number of phenols is 1. The number of aromatic nitrogens is 2. The summed E-state index contributed by atoms with van der Waals surface area (Å²) in [5, 5.41) is 13.3. The lowest BCUT2D eigenvalue weighted by Gasteiger charge is -2.30. The van der Waals surface area contributed by atoms with Crippen molar-refractivity contribution in [3.63, 3.8) is 0 Å². The molecule has 1 aliphatic heterocycles. The molecular weight excluding hydrogens is 358 g/mol. The second-order valence-electron chi connectivity index (χ2n) is 6.58. The number of carbonyl (C=O) groups excluding carboxylic acids is 1.